The maximum absolute atomic E-state index is 12.6. The van der Waals surface area contributed by atoms with Crippen LogP contribution in [0.3, 0.4) is 0 Å². The van der Waals surface area contributed by atoms with Crippen LogP contribution < -0.4 is 14.8 Å². The zero-order chi connectivity index (χ0) is 23.1. The highest BCUT2D eigenvalue weighted by atomic mass is 35.5. The number of thioether (sulfide) groups is 1. The van der Waals surface area contributed by atoms with E-state index in [1.165, 1.54) is 18.2 Å². The molecule has 0 spiro atoms. The molecular formula is C23H23ClN2O4S2. The van der Waals surface area contributed by atoms with Gasteiger partial charge in [-0.05, 0) is 61.2 Å². The summed E-state index contributed by atoms with van der Waals surface area (Å²) in [5.41, 5.74) is 1.42. The van der Waals surface area contributed by atoms with Crippen molar-refractivity contribution in [1.82, 2.24) is 5.32 Å². The van der Waals surface area contributed by atoms with E-state index in [9.17, 15) is 13.2 Å². The summed E-state index contributed by atoms with van der Waals surface area (Å²) in [7, 11) is -3.81. The fourth-order valence-corrected chi connectivity index (χ4v) is 4.68. The van der Waals surface area contributed by atoms with Crippen LogP contribution in [0.4, 0.5) is 5.69 Å². The van der Waals surface area contributed by atoms with Gasteiger partial charge in [0.15, 0.2) is 6.61 Å². The van der Waals surface area contributed by atoms with Crippen LogP contribution in [-0.4, -0.2) is 27.2 Å². The molecule has 0 fully saturated rings. The van der Waals surface area contributed by atoms with Crippen molar-refractivity contribution < 1.29 is 17.9 Å². The van der Waals surface area contributed by atoms with Gasteiger partial charge in [0.1, 0.15) is 5.75 Å². The number of amides is 1. The Kier molecular flexibility index (Phi) is 8.06. The summed E-state index contributed by atoms with van der Waals surface area (Å²) in [5.74, 6) is -0.0950. The minimum absolute atomic E-state index is 0.00883. The Balaban J connectivity index is 1.58. The molecule has 0 aromatic heterocycles. The number of hydrogen-bond acceptors (Lipinski definition) is 5. The number of carbonyl (C=O) groups excluding carboxylic acids is 1. The average molecular weight is 491 g/mol. The molecule has 1 atom stereocenters. The fourth-order valence-electron chi connectivity index (χ4n) is 2.89. The molecule has 6 nitrogen and oxygen atoms in total. The Hall–Kier alpha value is -2.68. The molecule has 1 amide bonds. The lowest BCUT2D eigenvalue weighted by molar-refractivity contribution is -0.123. The van der Waals surface area contributed by atoms with Gasteiger partial charge in [0.05, 0.1) is 16.0 Å². The summed E-state index contributed by atoms with van der Waals surface area (Å²) < 4.78 is 33.1. The fraction of sp³-hybridized carbons (Fsp3) is 0.174. The SMILES string of the molecule is CSc1ccc([C@H](C)NC(=O)COc2ccc(S(=O)(=O)Nc3ccccc3)cc2Cl)cc1. The molecule has 3 aromatic rings. The summed E-state index contributed by atoms with van der Waals surface area (Å²) in [6, 6.07) is 20.4. The Labute approximate surface area is 197 Å². The highest BCUT2D eigenvalue weighted by Gasteiger charge is 2.17. The van der Waals surface area contributed by atoms with Crippen molar-refractivity contribution >= 4 is 45.0 Å². The van der Waals surface area contributed by atoms with Crippen molar-refractivity contribution in [3.63, 3.8) is 0 Å². The number of benzene rings is 3. The minimum atomic E-state index is -3.81. The first-order valence-electron chi connectivity index (χ1n) is 9.72. The number of halogens is 1. The van der Waals surface area contributed by atoms with Gasteiger partial charge in [-0.2, -0.15) is 0 Å². The van der Waals surface area contributed by atoms with Crippen LogP contribution >= 0.6 is 23.4 Å². The van der Waals surface area contributed by atoms with Crippen molar-refractivity contribution in [2.45, 2.75) is 22.8 Å². The first-order valence-corrected chi connectivity index (χ1v) is 12.8. The largest absolute Gasteiger partial charge is 0.482 e. The van der Waals surface area contributed by atoms with Crippen LogP contribution in [0.5, 0.6) is 5.75 Å². The molecule has 0 aliphatic rings. The van der Waals surface area contributed by atoms with Crippen LogP contribution in [0.1, 0.15) is 18.5 Å². The van der Waals surface area contributed by atoms with E-state index in [1.807, 2.05) is 37.4 Å². The predicted octanol–water partition coefficient (Wildman–Crippen LogP) is 5.12. The molecule has 0 radical (unpaired) electrons. The molecule has 32 heavy (non-hydrogen) atoms. The van der Waals surface area contributed by atoms with Crippen molar-refractivity contribution in [2.24, 2.45) is 0 Å². The second-order valence-corrected chi connectivity index (χ2v) is 9.88. The van der Waals surface area contributed by atoms with Gasteiger partial charge in [-0.15, -0.1) is 11.8 Å². The van der Waals surface area contributed by atoms with Crippen LogP contribution in [0.2, 0.25) is 5.02 Å². The maximum atomic E-state index is 12.6. The molecule has 2 N–H and O–H groups in total. The Morgan fingerprint density at radius 1 is 1.06 bits per heavy atom. The second-order valence-electron chi connectivity index (χ2n) is 6.91. The van der Waals surface area contributed by atoms with Gasteiger partial charge < -0.3 is 10.1 Å². The van der Waals surface area contributed by atoms with E-state index in [-0.39, 0.29) is 34.2 Å². The topological polar surface area (TPSA) is 84.5 Å². The number of rotatable bonds is 9. The number of anilines is 1. The van der Waals surface area contributed by atoms with Gasteiger partial charge in [0.25, 0.3) is 15.9 Å². The van der Waals surface area contributed by atoms with Gasteiger partial charge in [0, 0.05) is 10.6 Å². The van der Waals surface area contributed by atoms with Gasteiger partial charge in [0.2, 0.25) is 0 Å². The van der Waals surface area contributed by atoms with E-state index in [2.05, 4.69) is 10.0 Å². The lowest BCUT2D eigenvalue weighted by Gasteiger charge is -2.16. The van der Waals surface area contributed by atoms with E-state index in [0.717, 1.165) is 10.5 Å². The lowest BCUT2D eigenvalue weighted by Crippen LogP contribution is -2.31. The summed E-state index contributed by atoms with van der Waals surface area (Å²) in [6.45, 7) is 1.64. The number of carbonyl (C=O) groups is 1. The first-order chi connectivity index (χ1) is 15.3. The van der Waals surface area contributed by atoms with Crippen LogP contribution in [0.15, 0.2) is 82.6 Å². The Morgan fingerprint density at radius 2 is 1.75 bits per heavy atom. The van der Waals surface area contributed by atoms with Crippen molar-refractivity contribution in [1.29, 1.82) is 0 Å². The summed E-state index contributed by atoms with van der Waals surface area (Å²) in [5, 5.41) is 2.96. The normalized spacial score (nSPS) is 12.1. The number of nitrogens with one attached hydrogen (secondary N) is 2. The molecule has 0 saturated carbocycles. The van der Waals surface area contributed by atoms with E-state index in [4.69, 9.17) is 16.3 Å². The number of sulfonamides is 1. The lowest BCUT2D eigenvalue weighted by atomic mass is 10.1. The smallest absolute Gasteiger partial charge is 0.261 e. The van der Waals surface area contributed by atoms with Gasteiger partial charge in [-0.25, -0.2) is 8.42 Å². The standard InChI is InChI=1S/C23H23ClN2O4S2/c1-16(17-8-10-19(31-2)11-9-17)25-23(27)15-30-22-13-12-20(14-21(22)24)32(28,29)26-18-6-4-3-5-7-18/h3-14,16,26H,15H2,1-2H3,(H,25,27)/t16-/m0/s1. The molecule has 0 bridgehead atoms. The van der Waals surface area contributed by atoms with Gasteiger partial charge >= 0.3 is 0 Å². The molecule has 0 aliphatic heterocycles. The second kappa shape index (κ2) is 10.8. The highest BCUT2D eigenvalue weighted by molar-refractivity contribution is 7.98. The molecule has 0 saturated heterocycles. The molecule has 9 heteroatoms. The van der Waals surface area contributed by atoms with Crippen LogP contribution in [-0.2, 0) is 14.8 Å². The summed E-state index contributed by atoms with van der Waals surface area (Å²) in [6.07, 6.45) is 2.00. The molecule has 168 valence electrons. The zero-order valence-corrected chi connectivity index (χ0v) is 19.9. The van der Waals surface area contributed by atoms with Gasteiger partial charge in [-0.1, -0.05) is 41.9 Å². The van der Waals surface area contributed by atoms with E-state index < -0.39 is 10.0 Å². The number of para-hydroxylation sites is 1. The first kappa shape index (κ1) is 24.0. The quantitative estimate of drug-likeness (QED) is 0.407. The number of ether oxygens (including phenoxy) is 1. The van der Waals surface area contributed by atoms with Crippen LogP contribution in [0.25, 0.3) is 0 Å². The van der Waals surface area contributed by atoms with E-state index in [0.29, 0.717) is 5.69 Å². The zero-order valence-electron chi connectivity index (χ0n) is 17.5. The Morgan fingerprint density at radius 3 is 2.38 bits per heavy atom. The third-order valence-corrected chi connectivity index (χ3v) is 7.01. The summed E-state index contributed by atoms with van der Waals surface area (Å²) in [4.78, 5) is 13.4. The third kappa shape index (κ3) is 6.41. The predicted molar refractivity (Wildman–Crippen MR) is 129 cm³/mol. The molecule has 3 aromatic carbocycles. The molecule has 0 aliphatic carbocycles. The molecule has 3 rings (SSSR count). The highest BCUT2D eigenvalue weighted by Crippen LogP contribution is 2.28. The van der Waals surface area contributed by atoms with Crippen molar-refractivity contribution in [3.05, 3.63) is 83.4 Å². The minimum Gasteiger partial charge on any atom is -0.482 e. The maximum Gasteiger partial charge on any atom is 0.261 e. The molecule has 0 unspecified atom stereocenters. The van der Waals surface area contributed by atoms with Crippen LogP contribution in [0, 0.1) is 0 Å². The van der Waals surface area contributed by atoms with Crippen molar-refractivity contribution in [3.8, 4) is 5.75 Å². The Bertz CT molecular complexity index is 1170. The average Bonchev–Trinajstić information content (AvgIpc) is 2.78. The van der Waals surface area contributed by atoms with Gasteiger partial charge in [-0.3, -0.25) is 9.52 Å². The number of hydrogen-bond donors (Lipinski definition) is 2. The molecular weight excluding hydrogens is 468 g/mol. The van der Waals surface area contributed by atoms with E-state index >= 15 is 0 Å². The third-order valence-electron chi connectivity index (χ3n) is 4.59. The van der Waals surface area contributed by atoms with Crippen molar-refractivity contribution in [2.75, 3.05) is 17.6 Å². The van der Waals surface area contributed by atoms with E-state index in [1.54, 1.807) is 42.1 Å². The summed E-state index contributed by atoms with van der Waals surface area (Å²) >= 11 is 7.85. The monoisotopic (exact) mass is 490 g/mol. The molecule has 0 heterocycles.